The number of thioether (sulfide) groups is 1. The van der Waals surface area contributed by atoms with Gasteiger partial charge in [0.05, 0.1) is 12.0 Å². The third-order valence-electron chi connectivity index (χ3n) is 2.59. The highest BCUT2D eigenvalue weighted by molar-refractivity contribution is 7.99. The Morgan fingerprint density at radius 3 is 3.00 bits per heavy atom. The van der Waals surface area contributed by atoms with Gasteiger partial charge in [0.1, 0.15) is 0 Å². The minimum atomic E-state index is 0.646. The maximum Gasteiger partial charge on any atom is 0.0618 e. The molecular weight excluding hydrogens is 170 g/mol. The topological polar surface area (TPSA) is 12.5 Å². The summed E-state index contributed by atoms with van der Waals surface area (Å²) in [6.45, 7) is 4.42. The molecule has 1 rings (SSSR count). The van der Waals surface area contributed by atoms with Gasteiger partial charge in [0.15, 0.2) is 0 Å². The molecule has 0 saturated carbocycles. The number of methoxy groups -OCH3 is 1. The second-order valence-corrected chi connectivity index (χ2v) is 4.48. The van der Waals surface area contributed by atoms with Gasteiger partial charge in [-0.1, -0.05) is 0 Å². The number of hydrogen-bond acceptors (Lipinski definition) is 3. The molecule has 1 saturated heterocycles. The first-order valence-electron chi connectivity index (χ1n) is 4.57. The molecule has 2 nitrogen and oxygen atoms in total. The zero-order valence-electron chi connectivity index (χ0n) is 8.25. The highest BCUT2D eigenvalue weighted by Gasteiger charge is 2.27. The van der Waals surface area contributed by atoms with Crippen molar-refractivity contribution in [3.05, 3.63) is 0 Å². The second-order valence-electron chi connectivity index (χ2n) is 3.32. The van der Waals surface area contributed by atoms with Crippen LogP contribution in [0, 0.1) is 0 Å². The summed E-state index contributed by atoms with van der Waals surface area (Å²) in [6, 6.07) is 0.664. The number of nitrogens with zero attached hydrogens (tertiary/aromatic N) is 1. The second kappa shape index (κ2) is 5.10. The van der Waals surface area contributed by atoms with Crippen molar-refractivity contribution in [2.45, 2.75) is 31.2 Å². The van der Waals surface area contributed by atoms with E-state index in [1.54, 1.807) is 7.11 Å². The number of hydrogen-bond donors (Lipinski definition) is 0. The molecule has 1 fully saturated rings. The Morgan fingerprint density at radius 2 is 2.42 bits per heavy atom. The van der Waals surface area contributed by atoms with Crippen molar-refractivity contribution in [1.29, 1.82) is 0 Å². The summed E-state index contributed by atoms with van der Waals surface area (Å²) in [5.41, 5.74) is 0. The van der Waals surface area contributed by atoms with E-state index in [9.17, 15) is 0 Å². The Morgan fingerprint density at radius 1 is 1.67 bits per heavy atom. The lowest BCUT2D eigenvalue weighted by Crippen LogP contribution is -2.37. The third kappa shape index (κ3) is 2.38. The molecule has 1 aliphatic heterocycles. The lowest BCUT2D eigenvalue weighted by Gasteiger charge is -2.28. The van der Waals surface area contributed by atoms with Crippen LogP contribution in [0.1, 0.15) is 19.8 Å². The van der Waals surface area contributed by atoms with Crippen LogP contribution in [0.2, 0.25) is 0 Å². The molecule has 2 atom stereocenters. The first-order valence-corrected chi connectivity index (χ1v) is 5.86. The molecule has 0 aliphatic carbocycles. The molecule has 0 aromatic heterocycles. The molecule has 0 N–H and O–H groups in total. The number of rotatable bonds is 4. The van der Waals surface area contributed by atoms with Gasteiger partial charge in [-0.3, -0.25) is 4.90 Å². The standard InChI is InChI=1S/C9H19NOS/c1-8(12-3)10-6-4-5-9(10)7-11-2/h8-9H,4-7H2,1-3H3/t8?,9-/m1/s1. The average Bonchev–Trinajstić information content (AvgIpc) is 2.52. The summed E-state index contributed by atoms with van der Waals surface area (Å²) in [5.74, 6) is 0. The Balaban J connectivity index is 2.40. The molecule has 1 aliphatic rings. The van der Waals surface area contributed by atoms with Crippen LogP contribution in [-0.2, 0) is 4.74 Å². The van der Waals surface area contributed by atoms with E-state index in [1.807, 2.05) is 11.8 Å². The Labute approximate surface area is 79.6 Å². The summed E-state index contributed by atoms with van der Waals surface area (Å²) in [6.07, 6.45) is 4.81. The van der Waals surface area contributed by atoms with Crippen molar-refractivity contribution in [2.75, 3.05) is 26.5 Å². The molecule has 0 spiro atoms. The molecular formula is C9H19NOS. The first kappa shape index (κ1) is 10.4. The van der Waals surface area contributed by atoms with E-state index < -0.39 is 0 Å². The van der Waals surface area contributed by atoms with Crippen molar-refractivity contribution in [2.24, 2.45) is 0 Å². The van der Waals surface area contributed by atoms with Crippen LogP contribution in [-0.4, -0.2) is 42.8 Å². The lowest BCUT2D eigenvalue weighted by molar-refractivity contribution is 0.113. The minimum Gasteiger partial charge on any atom is -0.383 e. The molecule has 0 radical (unpaired) electrons. The van der Waals surface area contributed by atoms with Crippen molar-refractivity contribution in [1.82, 2.24) is 4.90 Å². The third-order valence-corrected chi connectivity index (χ3v) is 3.54. The fourth-order valence-electron chi connectivity index (χ4n) is 1.84. The molecule has 1 heterocycles. The normalized spacial score (nSPS) is 27.8. The minimum absolute atomic E-state index is 0.646. The van der Waals surface area contributed by atoms with Crippen LogP contribution in [0.5, 0.6) is 0 Å². The highest BCUT2D eigenvalue weighted by atomic mass is 32.2. The smallest absolute Gasteiger partial charge is 0.0618 e. The van der Waals surface area contributed by atoms with E-state index in [2.05, 4.69) is 18.1 Å². The SMILES string of the molecule is COC[C@H]1CCCN1C(C)SC. The van der Waals surface area contributed by atoms with Crippen LogP contribution >= 0.6 is 11.8 Å². The molecule has 0 bridgehead atoms. The van der Waals surface area contributed by atoms with Crippen molar-refractivity contribution < 1.29 is 4.74 Å². The Hall–Kier alpha value is 0.270. The predicted molar refractivity (Wildman–Crippen MR) is 54.6 cm³/mol. The van der Waals surface area contributed by atoms with Gasteiger partial charge in [-0.25, -0.2) is 0 Å². The van der Waals surface area contributed by atoms with Crippen molar-refractivity contribution >= 4 is 11.8 Å². The van der Waals surface area contributed by atoms with Crippen molar-refractivity contribution in [3.8, 4) is 0 Å². The van der Waals surface area contributed by atoms with Gasteiger partial charge in [-0.2, -0.15) is 0 Å². The number of likely N-dealkylation sites (tertiary alicyclic amines) is 1. The number of ether oxygens (including phenoxy) is 1. The zero-order valence-corrected chi connectivity index (χ0v) is 9.06. The zero-order chi connectivity index (χ0) is 8.97. The van der Waals surface area contributed by atoms with E-state index in [0.29, 0.717) is 11.4 Å². The quantitative estimate of drug-likeness (QED) is 0.669. The van der Waals surface area contributed by atoms with Gasteiger partial charge in [0, 0.05) is 13.2 Å². The van der Waals surface area contributed by atoms with Gasteiger partial charge in [0.25, 0.3) is 0 Å². The highest BCUT2D eigenvalue weighted by Crippen LogP contribution is 2.24. The van der Waals surface area contributed by atoms with Crippen LogP contribution in [0.15, 0.2) is 0 Å². The van der Waals surface area contributed by atoms with Crippen molar-refractivity contribution in [3.63, 3.8) is 0 Å². The maximum atomic E-state index is 5.20. The summed E-state index contributed by atoms with van der Waals surface area (Å²) in [5, 5.41) is 0.646. The Bertz CT molecular complexity index is 132. The van der Waals surface area contributed by atoms with E-state index >= 15 is 0 Å². The Kier molecular flexibility index (Phi) is 4.40. The van der Waals surface area contributed by atoms with E-state index in [1.165, 1.54) is 19.4 Å². The van der Waals surface area contributed by atoms with Crippen LogP contribution in [0.4, 0.5) is 0 Å². The van der Waals surface area contributed by atoms with Gasteiger partial charge >= 0.3 is 0 Å². The van der Waals surface area contributed by atoms with Crippen LogP contribution in [0.3, 0.4) is 0 Å². The molecule has 0 aromatic carbocycles. The molecule has 12 heavy (non-hydrogen) atoms. The van der Waals surface area contributed by atoms with Gasteiger partial charge in [-0.05, 0) is 32.6 Å². The van der Waals surface area contributed by atoms with Gasteiger partial charge in [0.2, 0.25) is 0 Å². The largest absolute Gasteiger partial charge is 0.383 e. The van der Waals surface area contributed by atoms with E-state index in [-0.39, 0.29) is 0 Å². The van der Waals surface area contributed by atoms with E-state index in [4.69, 9.17) is 4.74 Å². The molecule has 3 heteroatoms. The van der Waals surface area contributed by atoms with Crippen LogP contribution in [0.25, 0.3) is 0 Å². The predicted octanol–water partition coefficient (Wildman–Crippen LogP) is 1.81. The lowest BCUT2D eigenvalue weighted by atomic mass is 10.2. The first-order chi connectivity index (χ1) is 5.79. The monoisotopic (exact) mass is 189 g/mol. The molecule has 1 unspecified atom stereocenters. The summed E-state index contributed by atoms with van der Waals surface area (Å²) < 4.78 is 5.20. The average molecular weight is 189 g/mol. The maximum absolute atomic E-state index is 5.20. The fraction of sp³-hybridized carbons (Fsp3) is 1.00. The van der Waals surface area contributed by atoms with Gasteiger partial charge in [-0.15, -0.1) is 11.8 Å². The fourth-order valence-corrected chi connectivity index (χ4v) is 2.39. The molecule has 72 valence electrons. The summed E-state index contributed by atoms with van der Waals surface area (Å²) >= 11 is 1.92. The molecule has 0 aromatic rings. The van der Waals surface area contributed by atoms with Gasteiger partial charge < -0.3 is 4.74 Å². The molecule has 0 amide bonds. The summed E-state index contributed by atoms with van der Waals surface area (Å²) in [7, 11) is 1.79. The van der Waals surface area contributed by atoms with E-state index in [0.717, 1.165) is 6.61 Å². The summed E-state index contributed by atoms with van der Waals surface area (Å²) in [4.78, 5) is 2.55. The van der Waals surface area contributed by atoms with Crippen LogP contribution < -0.4 is 0 Å².